The second-order valence-corrected chi connectivity index (χ2v) is 1.59. The molecule has 2 amide bonds. The summed E-state index contributed by atoms with van der Waals surface area (Å²) >= 11 is 0.686. The van der Waals surface area contributed by atoms with E-state index >= 15 is 0 Å². The Morgan fingerprint density at radius 1 is 1.71 bits per heavy atom. The van der Waals surface area contributed by atoms with E-state index in [2.05, 4.69) is 9.71 Å². The number of carbonyl (C=O) groups is 1. The molecule has 1 aliphatic heterocycles. The quantitative estimate of drug-likeness (QED) is 0.463. The summed E-state index contributed by atoms with van der Waals surface area (Å²) in [7, 11) is 0. The van der Waals surface area contributed by atoms with Crippen molar-refractivity contribution in [1.29, 1.82) is 0 Å². The van der Waals surface area contributed by atoms with Crippen LogP contribution in [-0.4, -0.2) is 16.4 Å². The maximum absolute atomic E-state index is 9.92. The molecule has 0 saturated carbocycles. The molecule has 5 heteroatoms. The van der Waals surface area contributed by atoms with E-state index in [1.54, 1.807) is 0 Å². The van der Waals surface area contributed by atoms with Gasteiger partial charge in [0.1, 0.15) is 0 Å². The third kappa shape index (κ3) is 0.833. The standard InChI is InChI=1S/C2HN2O2S/c5-1-3-2(6)7-4-1/h(H,3,5,6). The molecule has 0 aliphatic carbocycles. The molecule has 1 heterocycles. The number of nitrogens with zero attached hydrogens (tertiary/aromatic N) is 2. The molecule has 0 fully saturated rings. The number of hydrogen-bond acceptors (Lipinski definition) is 2. The van der Waals surface area contributed by atoms with Gasteiger partial charge in [0.15, 0.2) is 0 Å². The molecule has 1 N–H and O–H groups in total. The lowest BCUT2D eigenvalue weighted by Crippen LogP contribution is -1.92. The van der Waals surface area contributed by atoms with Crippen molar-refractivity contribution in [2.24, 2.45) is 4.99 Å². The first-order valence-corrected chi connectivity index (χ1v) is 2.26. The highest BCUT2D eigenvalue weighted by atomic mass is 32.2. The largest absolute Gasteiger partial charge is 0.487 e. The van der Waals surface area contributed by atoms with Crippen molar-refractivity contribution in [2.75, 3.05) is 0 Å². The van der Waals surface area contributed by atoms with Gasteiger partial charge in [-0.05, 0) is 0 Å². The van der Waals surface area contributed by atoms with Crippen molar-refractivity contribution in [3.8, 4) is 0 Å². The number of aliphatic hydroxyl groups excluding tert-OH is 1. The van der Waals surface area contributed by atoms with E-state index in [0.29, 0.717) is 11.9 Å². The van der Waals surface area contributed by atoms with Crippen LogP contribution in [0.2, 0.25) is 0 Å². The van der Waals surface area contributed by atoms with Gasteiger partial charge in [0.2, 0.25) is 0 Å². The van der Waals surface area contributed by atoms with E-state index in [1.165, 1.54) is 0 Å². The van der Waals surface area contributed by atoms with Gasteiger partial charge < -0.3 is 5.11 Å². The van der Waals surface area contributed by atoms with E-state index in [9.17, 15) is 4.79 Å². The zero-order chi connectivity index (χ0) is 5.28. The molecule has 1 radical (unpaired) electrons. The summed E-state index contributed by atoms with van der Waals surface area (Å²) in [5.74, 6) is 0. The van der Waals surface area contributed by atoms with Crippen LogP contribution in [0.25, 0.3) is 0 Å². The molecule has 4 nitrogen and oxygen atoms in total. The predicted molar refractivity (Wildman–Crippen MR) is 25.2 cm³/mol. The smallest absolute Gasteiger partial charge is 0.378 e. The molecule has 0 aromatic rings. The first kappa shape index (κ1) is 4.45. The van der Waals surface area contributed by atoms with E-state index in [1.807, 2.05) is 0 Å². The Morgan fingerprint density at radius 2 is 2.43 bits per heavy atom. The number of aliphatic hydroxyl groups is 1. The molecule has 0 unspecified atom stereocenters. The molecule has 0 saturated heterocycles. The van der Waals surface area contributed by atoms with Crippen LogP contribution in [0.4, 0.5) is 4.79 Å². The molecule has 0 aromatic carbocycles. The molecule has 7 heavy (non-hydrogen) atoms. The SMILES string of the molecule is O=C1[N]SC(O)=N1. The highest BCUT2D eigenvalue weighted by Crippen LogP contribution is 2.05. The summed E-state index contributed by atoms with van der Waals surface area (Å²) < 4.78 is 3.14. The summed E-state index contributed by atoms with van der Waals surface area (Å²) in [5.41, 5.74) is 0. The molecule has 1 aliphatic rings. The van der Waals surface area contributed by atoms with Crippen LogP contribution >= 0.6 is 11.9 Å². The van der Waals surface area contributed by atoms with Crippen molar-refractivity contribution in [1.82, 2.24) is 4.72 Å². The zero-order valence-corrected chi connectivity index (χ0v) is 3.97. The monoisotopic (exact) mass is 117 g/mol. The average molecular weight is 117 g/mol. The van der Waals surface area contributed by atoms with Crippen LogP contribution in [-0.2, 0) is 0 Å². The van der Waals surface area contributed by atoms with Gasteiger partial charge in [0.05, 0.1) is 11.9 Å². The second kappa shape index (κ2) is 1.42. The summed E-state index contributed by atoms with van der Waals surface area (Å²) in [6.45, 7) is 0. The van der Waals surface area contributed by atoms with Crippen molar-refractivity contribution >= 4 is 23.2 Å². The van der Waals surface area contributed by atoms with Crippen molar-refractivity contribution < 1.29 is 9.90 Å². The highest BCUT2D eigenvalue weighted by molar-refractivity contribution is 8.12. The van der Waals surface area contributed by atoms with Crippen LogP contribution in [0.3, 0.4) is 0 Å². The number of carbonyl (C=O) groups excluding carboxylic acids is 1. The first-order chi connectivity index (χ1) is 3.29. The molecule has 0 spiro atoms. The van der Waals surface area contributed by atoms with Crippen molar-refractivity contribution in [3.05, 3.63) is 0 Å². The molecule has 0 atom stereocenters. The van der Waals surface area contributed by atoms with E-state index < -0.39 is 6.03 Å². The van der Waals surface area contributed by atoms with E-state index in [-0.39, 0.29) is 5.23 Å². The highest BCUT2D eigenvalue weighted by Gasteiger charge is 2.13. The zero-order valence-electron chi connectivity index (χ0n) is 3.16. The van der Waals surface area contributed by atoms with Gasteiger partial charge in [-0.3, -0.25) is 0 Å². The van der Waals surface area contributed by atoms with Gasteiger partial charge in [0, 0.05) is 0 Å². The Bertz CT molecular complexity index is 132. The maximum Gasteiger partial charge on any atom is 0.378 e. The fourth-order valence-corrected chi connectivity index (χ4v) is 0.522. The van der Waals surface area contributed by atoms with E-state index in [4.69, 9.17) is 5.11 Å². The Hall–Kier alpha value is -0.710. The van der Waals surface area contributed by atoms with Crippen LogP contribution < -0.4 is 4.72 Å². The van der Waals surface area contributed by atoms with Crippen LogP contribution in [0.5, 0.6) is 0 Å². The normalized spacial score (nSPS) is 18.9. The maximum atomic E-state index is 9.92. The number of hydrogen-bond donors (Lipinski definition) is 1. The minimum absolute atomic E-state index is 0.273. The van der Waals surface area contributed by atoms with Crippen LogP contribution in [0, 0.1) is 0 Å². The van der Waals surface area contributed by atoms with E-state index in [0.717, 1.165) is 0 Å². The Morgan fingerprint density at radius 3 is 2.57 bits per heavy atom. The summed E-state index contributed by atoms with van der Waals surface area (Å²) in [6, 6.07) is -0.623. The Labute approximate surface area is 43.8 Å². The van der Waals surface area contributed by atoms with Gasteiger partial charge in [-0.25, -0.2) is 4.79 Å². The van der Waals surface area contributed by atoms with Crippen molar-refractivity contribution in [2.45, 2.75) is 0 Å². The lowest BCUT2D eigenvalue weighted by atomic mass is 11.1. The fraction of sp³-hybridized carbons (Fsp3) is 0. The van der Waals surface area contributed by atoms with Crippen LogP contribution in [0.15, 0.2) is 4.99 Å². The van der Waals surface area contributed by atoms with Gasteiger partial charge in [-0.15, -0.1) is 9.71 Å². The number of aliphatic imine (C=N–C) groups is 1. The predicted octanol–water partition coefficient (Wildman–Crippen LogP) is 0.287. The number of amides is 2. The van der Waals surface area contributed by atoms with Gasteiger partial charge in [-0.2, -0.15) is 0 Å². The molecule has 1 rings (SSSR count). The van der Waals surface area contributed by atoms with Gasteiger partial charge in [-0.1, -0.05) is 0 Å². The summed E-state index contributed by atoms with van der Waals surface area (Å²) in [4.78, 5) is 12.9. The minimum atomic E-state index is -0.623. The molecule has 0 aromatic heterocycles. The van der Waals surface area contributed by atoms with Gasteiger partial charge in [0.25, 0.3) is 5.23 Å². The average Bonchev–Trinajstić information content (AvgIpc) is 1.87. The third-order valence-corrected chi connectivity index (χ3v) is 0.899. The topological polar surface area (TPSA) is 63.8 Å². The number of urea groups is 1. The summed E-state index contributed by atoms with van der Waals surface area (Å²) in [5, 5.41) is 8.02. The first-order valence-electron chi connectivity index (χ1n) is 1.49. The van der Waals surface area contributed by atoms with Gasteiger partial charge >= 0.3 is 6.03 Å². The fourth-order valence-electron chi connectivity index (χ4n) is 0.203. The second-order valence-electron chi connectivity index (χ2n) is 0.860. The molecular weight excluding hydrogens is 116 g/mol. The van der Waals surface area contributed by atoms with Crippen LogP contribution in [0.1, 0.15) is 0 Å². The molecular formula is C2HN2O2S. The lowest BCUT2D eigenvalue weighted by molar-refractivity contribution is 0.254. The third-order valence-electron chi connectivity index (χ3n) is 0.397. The Kier molecular flexibility index (Phi) is 0.900. The minimum Gasteiger partial charge on any atom is -0.487 e. The lowest BCUT2D eigenvalue weighted by Gasteiger charge is -1.73. The number of rotatable bonds is 0. The summed E-state index contributed by atoms with van der Waals surface area (Å²) in [6.07, 6.45) is 0. The van der Waals surface area contributed by atoms with Crippen molar-refractivity contribution in [3.63, 3.8) is 0 Å². The Balaban J connectivity index is 2.67. The molecule has 0 bridgehead atoms. The molecule has 37 valence electrons.